The Kier molecular flexibility index (Phi) is 5.18. The third-order valence-corrected chi connectivity index (χ3v) is 4.58. The molecule has 3 aromatic rings. The number of benzene rings is 2. The van der Waals surface area contributed by atoms with Crippen molar-refractivity contribution in [3.05, 3.63) is 53.4 Å². The maximum Gasteiger partial charge on any atom is 0.265 e. The fourth-order valence-electron chi connectivity index (χ4n) is 2.80. The fraction of sp³-hybridized carbons (Fsp3) is 0.200. The fourth-order valence-corrected chi connectivity index (χ4v) is 2.93. The van der Waals surface area contributed by atoms with Gasteiger partial charge in [-0.2, -0.15) is 4.98 Å². The van der Waals surface area contributed by atoms with Crippen LogP contribution in [0.3, 0.4) is 0 Å². The summed E-state index contributed by atoms with van der Waals surface area (Å²) in [6.45, 7) is 1.67. The van der Waals surface area contributed by atoms with E-state index < -0.39 is 6.10 Å². The zero-order valence-electron chi connectivity index (χ0n) is 15.4. The molecule has 4 rings (SSSR count). The molecule has 1 atom stereocenters. The molecule has 1 aromatic heterocycles. The molecule has 148 valence electrons. The first-order chi connectivity index (χ1) is 14.0. The van der Waals surface area contributed by atoms with Gasteiger partial charge in [-0.05, 0) is 49.4 Å². The van der Waals surface area contributed by atoms with E-state index in [2.05, 4.69) is 20.8 Å². The SMILES string of the molecule is C[C@@H]1Oc2ccc(NC(=O)CCc3nc(-c4ccc(Cl)cc4)no3)cc2NC1=O. The largest absolute Gasteiger partial charge is 0.479 e. The quantitative estimate of drug-likeness (QED) is 0.662. The molecule has 0 saturated heterocycles. The first kappa shape index (κ1) is 18.9. The average molecular weight is 413 g/mol. The van der Waals surface area contributed by atoms with Gasteiger partial charge < -0.3 is 19.9 Å². The van der Waals surface area contributed by atoms with E-state index in [-0.39, 0.29) is 18.2 Å². The second-order valence-corrected chi connectivity index (χ2v) is 6.96. The number of aryl methyl sites for hydroxylation is 1. The third kappa shape index (κ3) is 4.38. The van der Waals surface area contributed by atoms with Crippen molar-refractivity contribution in [2.24, 2.45) is 0 Å². The van der Waals surface area contributed by atoms with Gasteiger partial charge in [0.25, 0.3) is 5.91 Å². The van der Waals surface area contributed by atoms with Crippen LogP contribution in [0.25, 0.3) is 11.4 Å². The first-order valence-electron chi connectivity index (χ1n) is 8.98. The Morgan fingerprint density at radius 2 is 2.03 bits per heavy atom. The topological polar surface area (TPSA) is 106 Å². The maximum atomic E-state index is 12.3. The highest BCUT2D eigenvalue weighted by molar-refractivity contribution is 6.30. The van der Waals surface area contributed by atoms with Crippen LogP contribution in [0.2, 0.25) is 5.02 Å². The Morgan fingerprint density at radius 1 is 1.24 bits per heavy atom. The number of hydrogen-bond acceptors (Lipinski definition) is 6. The van der Waals surface area contributed by atoms with Crippen LogP contribution in [-0.4, -0.2) is 28.1 Å². The monoisotopic (exact) mass is 412 g/mol. The molecule has 0 aliphatic carbocycles. The van der Waals surface area contributed by atoms with Crippen molar-refractivity contribution in [2.75, 3.05) is 10.6 Å². The van der Waals surface area contributed by atoms with Crippen molar-refractivity contribution >= 4 is 34.8 Å². The number of ether oxygens (including phenoxy) is 1. The molecule has 9 heteroatoms. The van der Waals surface area contributed by atoms with Crippen molar-refractivity contribution in [2.45, 2.75) is 25.9 Å². The number of aromatic nitrogens is 2. The van der Waals surface area contributed by atoms with E-state index in [4.69, 9.17) is 20.9 Å². The summed E-state index contributed by atoms with van der Waals surface area (Å²) in [5.74, 6) is 0.930. The number of halogens is 1. The van der Waals surface area contributed by atoms with E-state index in [0.717, 1.165) is 5.56 Å². The Bertz CT molecular complexity index is 1060. The van der Waals surface area contributed by atoms with Crippen LogP contribution in [-0.2, 0) is 16.0 Å². The van der Waals surface area contributed by atoms with Crippen LogP contribution in [0.1, 0.15) is 19.2 Å². The third-order valence-electron chi connectivity index (χ3n) is 4.33. The van der Waals surface area contributed by atoms with Crippen molar-refractivity contribution < 1.29 is 18.8 Å². The number of fused-ring (bicyclic) bond motifs is 1. The van der Waals surface area contributed by atoms with E-state index >= 15 is 0 Å². The maximum absolute atomic E-state index is 12.3. The molecule has 2 aromatic carbocycles. The molecule has 2 amide bonds. The molecule has 0 unspecified atom stereocenters. The lowest BCUT2D eigenvalue weighted by Crippen LogP contribution is -2.34. The average Bonchev–Trinajstić information content (AvgIpc) is 3.17. The highest BCUT2D eigenvalue weighted by atomic mass is 35.5. The lowest BCUT2D eigenvalue weighted by atomic mass is 10.2. The van der Waals surface area contributed by atoms with Gasteiger partial charge in [-0.25, -0.2) is 0 Å². The standard InChI is InChI=1S/C20H17ClN4O4/c1-11-20(27)23-15-10-14(6-7-16(15)28-11)22-17(26)8-9-18-24-19(25-29-18)12-2-4-13(21)5-3-12/h2-7,10-11H,8-9H2,1H3,(H,22,26)(H,23,27)/t11-/m0/s1. The number of rotatable bonds is 5. The number of carbonyl (C=O) groups excluding carboxylic acids is 2. The predicted octanol–water partition coefficient (Wildman–Crippen LogP) is 3.68. The summed E-state index contributed by atoms with van der Waals surface area (Å²) in [5, 5.41) is 10.1. The van der Waals surface area contributed by atoms with Gasteiger partial charge >= 0.3 is 0 Å². The van der Waals surface area contributed by atoms with Crippen LogP contribution in [0.5, 0.6) is 5.75 Å². The Hall–Kier alpha value is -3.39. The van der Waals surface area contributed by atoms with Crippen molar-refractivity contribution in [1.29, 1.82) is 0 Å². The molecule has 8 nitrogen and oxygen atoms in total. The minimum atomic E-state index is -0.546. The van der Waals surface area contributed by atoms with E-state index in [1.807, 2.05) is 0 Å². The lowest BCUT2D eigenvalue weighted by molar-refractivity contribution is -0.122. The molecule has 0 bridgehead atoms. The lowest BCUT2D eigenvalue weighted by Gasteiger charge is -2.23. The molecular formula is C20H17ClN4O4. The number of carbonyl (C=O) groups is 2. The Balaban J connectivity index is 1.34. The van der Waals surface area contributed by atoms with E-state index in [1.54, 1.807) is 49.4 Å². The molecule has 0 spiro atoms. The predicted molar refractivity (Wildman–Crippen MR) is 107 cm³/mol. The summed E-state index contributed by atoms with van der Waals surface area (Å²) in [7, 11) is 0. The summed E-state index contributed by atoms with van der Waals surface area (Å²) in [6, 6.07) is 12.2. The highest BCUT2D eigenvalue weighted by Gasteiger charge is 2.23. The van der Waals surface area contributed by atoms with Crippen molar-refractivity contribution in [3.8, 4) is 17.1 Å². The Labute approximate surface area is 171 Å². The smallest absolute Gasteiger partial charge is 0.265 e. The van der Waals surface area contributed by atoms with Gasteiger partial charge in [-0.15, -0.1) is 0 Å². The van der Waals surface area contributed by atoms with Gasteiger partial charge in [-0.3, -0.25) is 9.59 Å². The summed E-state index contributed by atoms with van der Waals surface area (Å²) in [5.41, 5.74) is 1.86. The molecule has 0 saturated carbocycles. The van der Waals surface area contributed by atoms with E-state index in [0.29, 0.717) is 40.3 Å². The van der Waals surface area contributed by atoms with Gasteiger partial charge in [0.2, 0.25) is 17.6 Å². The van der Waals surface area contributed by atoms with Crippen LogP contribution < -0.4 is 15.4 Å². The number of anilines is 2. The summed E-state index contributed by atoms with van der Waals surface area (Å²) < 4.78 is 10.7. The summed E-state index contributed by atoms with van der Waals surface area (Å²) in [6.07, 6.45) is -0.0800. The minimum Gasteiger partial charge on any atom is -0.479 e. The van der Waals surface area contributed by atoms with Gasteiger partial charge in [0.05, 0.1) is 5.69 Å². The van der Waals surface area contributed by atoms with Crippen LogP contribution >= 0.6 is 11.6 Å². The van der Waals surface area contributed by atoms with Crippen LogP contribution in [0, 0.1) is 0 Å². The Morgan fingerprint density at radius 3 is 2.83 bits per heavy atom. The second kappa shape index (κ2) is 7.92. The van der Waals surface area contributed by atoms with Gasteiger partial charge in [-0.1, -0.05) is 16.8 Å². The first-order valence-corrected chi connectivity index (χ1v) is 9.36. The van der Waals surface area contributed by atoms with Gasteiger partial charge in [0, 0.05) is 29.1 Å². The number of hydrogen-bond donors (Lipinski definition) is 2. The summed E-state index contributed by atoms with van der Waals surface area (Å²) in [4.78, 5) is 28.3. The van der Waals surface area contributed by atoms with E-state index in [1.165, 1.54) is 0 Å². The molecular weight excluding hydrogens is 396 g/mol. The van der Waals surface area contributed by atoms with Crippen LogP contribution in [0.15, 0.2) is 47.0 Å². The normalized spacial score (nSPS) is 15.2. The van der Waals surface area contributed by atoms with Gasteiger partial charge in [0.15, 0.2) is 6.10 Å². The van der Waals surface area contributed by atoms with Crippen molar-refractivity contribution in [1.82, 2.24) is 10.1 Å². The summed E-state index contributed by atoms with van der Waals surface area (Å²) >= 11 is 5.87. The molecule has 2 N–H and O–H groups in total. The van der Waals surface area contributed by atoms with E-state index in [9.17, 15) is 9.59 Å². The molecule has 1 aliphatic rings. The highest BCUT2D eigenvalue weighted by Crippen LogP contribution is 2.32. The number of nitrogens with zero attached hydrogens (tertiary/aromatic N) is 2. The zero-order valence-corrected chi connectivity index (χ0v) is 16.2. The molecule has 0 radical (unpaired) electrons. The number of amides is 2. The van der Waals surface area contributed by atoms with Gasteiger partial charge in [0.1, 0.15) is 5.75 Å². The molecule has 29 heavy (non-hydrogen) atoms. The zero-order chi connectivity index (χ0) is 20.4. The van der Waals surface area contributed by atoms with Crippen LogP contribution in [0.4, 0.5) is 11.4 Å². The molecule has 0 fully saturated rings. The van der Waals surface area contributed by atoms with Crippen molar-refractivity contribution in [3.63, 3.8) is 0 Å². The minimum absolute atomic E-state index is 0.166. The molecule has 1 aliphatic heterocycles. The second-order valence-electron chi connectivity index (χ2n) is 6.53. The molecule has 2 heterocycles. The number of nitrogens with one attached hydrogen (secondary N) is 2.